The molecule has 0 aromatic heterocycles. The minimum Gasteiger partial charge on any atom is -0.393 e. The molecule has 2 heteroatoms. The summed E-state index contributed by atoms with van der Waals surface area (Å²) in [6.45, 7) is 12.2. The highest BCUT2D eigenvalue weighted by Gasteiger charge is 2.60. The Kier molecular flexibility index (Phi) is 6.01. The summed E-state index contributed by atoms with van der Waals surface area (Å²) in [5.74, 6) is 4.73. The van der Waals surface area contributed by atoms with Crippen LogP contribution in [0.15, 0.2) is 11.6 Å². The zero-order chi connectivity index (χ0) is 21.0. The van der Waals surface area contributed by atoms with Gasteiger partial charge in [-0.3, -0.25) is 0 Å². The predicted molar refractivity (Wildman–Crippen MR) is 120 cm³/mol. The Balaban J connectivity index is 1.52. The molecular formula is C27H46O2. The van der Waals surface area contributed by atoms with Gasteiger partial charge in [-0.15, -0.1) is 0 Å². The maximum absolute atomic E-state index is 11.1. The van der Waals surface area contributed by atoms with Crippen molar-refractivity contribution in [2.45, 2.75) is 111 Å². The SMILES string of the molecule is CC(C)CCCC(C)C1CCC2C3CC=C4CC(O)CC(O)C4(C)C3CCC12C. The number of hydrogen-bond acceptors (Lipinski definition) is 2. The fraction of sp³-hybridized carbons (Fsp3) is 0.926. The van der Waals surface area contributed by atoms with E-state index in [2.05, 4.69) is 40.7 Å². The van der Waals surface area contributed by atoms with Crippen molar-refractivity contribution in [2.75, 3.05) is 0 Å². The number of fused-ring (bicyclic) bond motifs is 5. The first kappa shape index (κ1) is 21.9. The molecule has 9 atom stereocenters. The monoisotopic (exact) mass is 402 g/mol. The molecule has 4 aliphatic carbocycles. The highest BCUT2D eigenvalue weighted by Crippen LogP contribution is 2.67. The Morgan fingerprint density at radius 1 is 1.03 bits per heavy atom. The second-order valence-corrected chi connectivity index (χ2v) is 12.3. The Morgan fingerprint density at radius 2 is 1.79 bits per heavy atom. The van der Waals surface area contributed by atoms with Crippen molar-refractivity contribution in [1.82, 2.24) is 0 Å². The standard InChI is InChI=1S/C27H46O2/c1-17(2)7-6-8-18(3)22-11-12-23-21-10-9-19-15-20(28)16-25(29)27(19,5)24(21)13-14-26(22,23)4/h9,17-18,20-25,28-29H,6-8,10-16H2,1-5H3. The van der Waals surface area contributed by atoms with Gasteiger partial charge >= 0.3 is 0 Å². The summed E-state index contributed by atoms with van der Waals surface area (Å²) >= 11 is 0. The van der Waals surface area contributed by atoms with Crippen molar-refractivity contribution in [1.29, 1.82) is 0 Å². The second kappa shape index (κ2) is 7.97. The lowest BCUT2D eigenvalue weighted by Gasteiger charge is -2.59. The zero-order valence-corrected chi connectivity index (χ0v) is 19.7. The van der Waals surface area contributed by atoms with Gasteiger partial charge in [0.2, 0.25) is 0 Å². The molecule has 0 aliphatic heterocycles. The van der Waals surface area contributed by atoms with Crippen LogP contribution in [0, 0.1) is 46.3 Å². The molecule has 0 radical (unpaired) electrons. The van der Waals surface area contributed by atoms with Crippen LogP contribution in [0.1, 0.15) is 98.8 Å². The Hall–Kier alpha value is -0.340. The molecule has 0 bridgehead atoms. The lowest BCUT2D eigenvalue weighted by molar-refractivity contribution is -0.108. The van der Waals surface area contributed by atoms with Gasteiger partial charge in [0.1, 0.15) is 0 Å². The fourth-order valence-electron chi connectivity index (χ4n) is 8.73. The Bertz CT molecular complexity index is 624. The van der Waals surface area contributed by atoms with Crippen LogP contribution in [0.5, 0.6) is 0 Å². The van der Waals surface area contributed by atoms with Gasteiger partial charge < -0.3 is 10.2 Å². The molecule has 4 rings (SSSR count). The van der Waals surface area contributed by atoms with Crippen molar-refractivity contribution in [3.05, 3.63) is 11.6 Å². The summed E-state index contributed by atoms with van der Waals surface area (Å²) in [4.78, 5) is 0. The van der Waals surface area contributed by atoms with Crippen molar-refractivity contribution in [2.24, 2.45) is 46.3 Å². The molecule has 0 saturated heterocycles. The normalized spacial score (nSPS) is 47.9. The molecule has 3 saturated carbocycles. The number of rotatable bonds is 5. The lowest BCUT2D eigenvalue weighted by atomic mass is 9.46. The predicted octanol–water partition coefficient (Wildman–Crippen LogP) is 6.36. The molecule has 0 heterocycles. The van der Waals surface area contributed by atoms with E-state index in [1.54, 1.807) is 0 Å². The van der Waals surface area contributed by atoms with Crippen LogP contribution in [0.3, 0.4) is 0 Å². The van der Waals surface area contributed by atoms with Gasteiger partial charge in [-0.25, -0.2) is 0 Å². The molecule has 9 unspecified atom stereocenters. The highest BCUT2D eigenvalue weighted by atomic mass is 16.3. The van der Waals surface area contributed by atoms with Gasteiger partial charge in [0, 0.05) is 11.8 Å². The molecule has 0 aromatic rings. The van der Waals surface area contributed by atoms with Gasteiger partial charge in [-0.2, -0.15) is 0 Å². The van der Waals surface area contributed by atoms with E-state index in [1.807, 2.05) is 0 Å². The molecule has 2 nitrogen and oxygen atoms in total. The maximum atomic E-state index is 11.1. The van der Waals surface area contributed by atoms with Gasteiger partial charge in [-0.1, -0.05) is 65.5 Å². The van der Waals surface area contributed by atoms with Gasteiger partial charge in [0.25, 0.3) is 0 Å². The smallest absolute Gasteiger partial charge is 0.0658 e. The van der Waals surface area contributed by atoms with E-state index in [4.69, 9.17) is 0 Å². The van der Waals surface area contributed by atoms with E-state index >= 15 is 0 Å². The first-order chi connectivity index (χ1) is 13.7. The van der Waals surface area contributed by atoms with Crippen LogP contribution in [0.25, 0.3) is 0 Å². The maximum Gasteiger partial charge on any atom is 0.0658 e. The summed E-state index contributed by atoms with van der Waals surface area (Å²) in [5.41, 5.74) is 1.77. The molecule has 0 aromatic carbocycles. The van der Waals surface area contributed by atoms with Crippen LogP contribution < -0.4 is 0 Å². The van der Waals surface area contributed by atoms with Gasteiger partial charge in [0.05, 0.1) is 12.2 Å². The molecule has 2 N–H and O–H groups in total. The number of aliphatic hydroxyl groups is 2. The third-order valence-electron chi connectivity index (χ3n) is 10.4. The highest BCUT2D eigenvalue weighted by molar-refractivity contribution is 5.27. The van der Waals surface area contributed by atoms with Crippen LogP contribution in [-0.2, 0) is 0 Å². The minimum atomic E-state index is -0.373. The average molecular weight is 403 g/mol. The topological polar surface area (TPSA) is 40.5 Å². The van der Waals surface area contributed by atoms with Crippen LogP contribution in [-0.4, -0.2) is 22.4 Å². The number of allylic oxidation sites excluding steroid dienone is 1. The van der Waals surface area contributed by atoms with Gasteiger partial charge in [0.15, 0.2) is 0 Å². The summed E-state index contributed by atoms with van der Waals surface area (Å²) in [6, 6.07) is 0. The van der Waals surface area contributed by atoms with Crippen molar-refractivity contribution >= 4 is 0 Å². The fourth-order valence-corrected chi connectivity index (χ4v) is 8.73. The van der Waals surface area contributed by atoms with Gasteiger partial charge in [-0.05, 0) is 79.4 Å². The largest absolute Gasteiger partial charge is 0.393 e. The van der Waals surface area contributed by atoms with Crippen LogP contribution in [0.4, 0.5) is 0 Å². The quantitative estimate of drug-likeness (QED) is 0.525. The minimum absolute atomic E-state index is 0.0928. The molecule has 29 heavy (non-hydrogen) atoms. The Labute approximate surface area is 179 Å². The molecule has 3 fully saturated rings. The second-order valence-electron chi connectivity index (χ2n) is 12.3. The molecule has 166 valence electrons. The lowest BCUT2D eigenvalue weighted by Crippen LogP contribution is -2.55. The summed E-state index contributed by atoms with van der Waals surface area (Å²) in [7, 11) is 0. The average Bonchev–Trinajstić information content (AvgIpc) is 3.00. The van der Waals surface area contributed by atoms with E-state index in [-0.39, 0.29) is 17.6 Å². The van der Waals surface area contributed by atoms with E-state index in [0.29, 0.717) is 17.8 Å². The van der Waals surface area contributed by atoms with E-state index in [0.717, 1.165) is 36.0 Å². The van der Waals surface area contributed by atoms with Crippen LogP contribution in [0.2, 0.25) is 0 Å². The van der Waals surface area contributed by atoms with Crippen molar-refractivity contribution < 1.29 is 10.2 Å². The van der Waals surface area contributed by atoms with E-state index in [9.17, 15) is 10.2 Å². The first-order valence-electron chi connectivity index (χ1n) is 12.7. The molecule has 0 spiro atoms. The Morgan fingerprint density at radius 3 is 2.52 bits per heavy atom. The number of aliphatic hydroxyl groups excluding tert-OH is 2. The first-order valence-corrected chi connectivity index (χ1v) is 12.7. The molecule has 4 aliphatic rings. The van der Waals surface area contributed by atoms with E-state index in [1.165, 1.54) is 56.9 Å². The third-order valence-corrected chi connectivity index (χ3v) is 10.4. The van der Waals surface area contributed by atoms with Crippen molar-refractivity contribution in [3.8, 4) is 0 Å². The molecule has 0 amide bonds. The molecular weight excluding hydrogens is 356 g/mol. The van der Waals surface area contributed by atoms with Crippen LogP contribution >= 0.6 is 0 Å². The summed E-state index contributed by atoms with van der Waals surface area (Å²) in [5, 5.41) is 21.3. The summed E-state index contributed by atoms with van der Waals surface area (Å²) < 4.78 is 0. The zero-order valence-electron chi connectivity index (χ0n) is 19.7. The summed E-state index contributed by atoms with van der Waals surface area (Å²) in [6.07, 6.45) is 13.8. The van der Waals surface area contributed by atoms with Crippen molar-refractivity contribution in [3.63, 3.8) is 0 Å². The third kappa shape index (κ3) is 3.55. The number of hydrogen-bond donors (Lipinski definition) is 2. The van der Waals surface area contributed by atoms with E-state index < -0.39 is 0 Å².